The molecule has 1 heterocycles. The zero-order chi connectivity index (χ0) is 14.5. The van der Waals surface area contributed by atoms with E-state index in [0.29, 0.717) is 36.7 Å². The van der Waals surface area contributed by atoms with Crippen molar-refractivity contribution in [2.24, 2.45) is 5.73 Å². The summed E-state index contributed by atoms with van der Waals surface area (Å²) in [6, 6.07) is 5.59. The number of nitrogens with two attached hydrogens (primary N) is 1. The Morgan fingerprint density at radius 3 is 2.70 bits per heavy atom. The normalized spacial score (nSPS) is 15.6. The molecular formula is C15H18N2O2S. The summed E-state index contributed by atoms with van der Waals surface area (Å²) < 4.78 is 11.3. The zero-order valence-electron chi connectivity index (χ0n) is 11.5. The van der Waals surface area contributed by atoms with E-state index in [2.05, 4.69) is 11.8 Å². The Bertz CT molecular complexity index is 592. The molecule has 0 unspecified atom stereocenters. The van der Waals surface area contributed by atoms with Gasteiger partial charge in [0.1, 0.15) is 0 Å². The van der Waals surface area contributed by atoms with Crippen LogP contribution in [0.15, 0.2) is 18.2 Å². The lowest BCUT2D eigenvalue weighted by atomic mass is 10.1. The lowest BCUT2D eigenvalue weighted by Crippen LogP contribution is -2.41. The lowest BCUT2D eigenvalue weighted by molar-refractivity contribution is 0.0771. The number of carbonyl (C=O) groups is 1. The minimum atomic E-state index is -0.777. The Balaban J connectivity index is 2.21. The predicted molar refractivity (Wildman–Crippen MR) is 80.9 cm³/mol. The minimum Gasteiger partial charge on any atom is -0.337 e. The number of benzene rings is 1. The Hall–Kier alpha value is -1.64. The van der Waals surface area contributed by atoms with E-state index in [9.17, 15) is 9.00 Å². The fourth-order valence-electron chi connectivity index (χ4n) is 2.16. The van der Waals surface area contributed by atoms with Gasteiger partial charge in [-0.25, -0.2) is 0 Å². The van der Waals surface area contributed by atoms with Gasteiger partial charge in [0.05, 0.1) is 6.54 Å². The van der Waals surface area contributed by atoms with Crippen LogP contribution in [0, 0.1) is 18.8 Å². The van der Waals surface area contributed by atoms with E-state index in [1.54, 1.807) is 11.0 Å². The standard InChI is InChI=1S/C15H18N2O2S/c1-12-9-13(3-2-4-16)11-14(10-12)15(18)17-5-7-20(19)8-6-17/h9-11H,4-8,16H2,1H3. The average Bonchev–Trinajstić information content (AvgIpc) is 2.44. The van der Waals surface area contributed by atoms with Crippen molar-refractivity contribution in [2.75, 3.05) is 31.1 Å². The predicted octanol–water partition coefficient (Wildman–Crippen LogP) is 0.510. The molecule has 1 saturated heterocycles. The van der Waals surface area contributed by atoms with Crippen LogP contribution >= 0.6 is 0 Å². The van der Waals surface area contributed by atoms with Crippen molar-refractivity contribution in [1.29, 1.82) is 0 Å². The van der Waals surface area contributed by atoms with Crippen molar-refractivity contribution < 1.29 is 9.00 Å². The molecule has 2 N–H and O–H groups in total. The van der Waals surface area contributed by atoms with Gasteiger partial charge in [-0.15, -0.1) is 0 Å². The van der Waals surface area contributed by atoms with Crippen LogP contribution in [0.4, 0.5) is 0 Å². The second kappa shape index (κ2) is 6.69. The summed E-state index contributed by atoms with van der Waals surface area (Å²) in [5.74, 6) is 6.87. The van der Waals surface area contributed by atoms with Crippen LogP contribution in [0.2, 0.25) is 0 Å². The molecule has 0 spiro atoms. The fourth-order valence-corrected chi connectivity index (χ4v) is 3.21. The number of hydrogen-bond donors (Lipinski definition) is 1. The highest BCUT2D eigenvalue weighted by molar-refractivity contribution is 7.85. The van der Waals surface area contributed by atoms with Crippen LogP contribution in [0.3, 0.4) is 0 Å². The Labute approximate surface area is 121 Å². The first kappa shape index (κ1) is 14.8. The lowest BCUT2D eigenvalue weighted by Gasteiger charge is -2.26. The topological polar surface area (TPSA) is 63.4 Å². The Morgan fingerprint density at radius 2 is 2.05 bits per heavy atom. The van der Waals surface area contributed by atoms with Gasteiger partial charge < -0.3 is 10.6 Å². The third-order valence-electron chi connectivity index (χ3n) is 3.12. The van der Waals surface area contributed by atoms with E-state index in [4.69, 9.17) is 5.73 Å². The quantitative estimate of drug-likeness (QED) is 0.767. The molecule has 0 radical (unpaired) electrons. The first-order valence-electron chi connectivity index (χ1n) is 6.55. The van der Waals surface area contributed by atoms with Crippen molar-refractivity contribution in [2.45, 2.75) is 6.92 Å². The summed E-state index contributed by atoms with van der Waals surface area (Å²) in [6.07, 6.45) is 0. The number of hydrogen-bond acceptors (Lipinski definition) is 3. The largest absolute Gasteiger partial charge is 0.337 e. The van der Waals surface area contributed by atoms with Gasteiger partial charge in [-0.05, 0) is 30.7 Å². The SMILES string of the molecule is Cc1cc(C#CCN)cc(C(=O)N2CCS(=O)CC2)c1. The molecule has 106 valence electrons. The number of aryl methyl sites for hydroxylation is 1. The number of rotatable bonds is 1. The van der Waals surface area contributed by atoms with Crippen LogP contribution in [-0.2, 0) is 10.8 Å². The molecule has 5 heteroatoms. The van der Waals surface area contributed by atoms with Crippen LogP contribution in [0.5, 0.6) is 0 Å². The van der Waals surface area contributed by atoms with Crippen molar-refractivity contribution in [1.82, 2.24) is 4.90 Å². The van der Waals surface area contributed by atoms with Crippen molar-refractivity contribution >= 4 is 16.7 Å². The highest BCUT2D eigenvalue weighted by Crippen LogP contribution is 2.13. The molecule has 2 rings (SSSR count). The second-order valence-corrected chi connectivity index (χ2v) is 6.43. The minimum absolute atomic E-state index is 0.0128. The van der Waals surface area contributed by atoms with E-state index in [1.165, 1.54) is 0 Å². The smallest absolute Gasteiger partial charge is 0.253 e. The van der Waals surface area contributed by atoms with Gasteiger partial charge in [0, 0.05) is 46.5 Å². The van der Waals surface area contributed by atoms with Crippen LogP contribution in [0.1, 0.15) is 21.5 Å². The van der Waals surface area contributed by atoms with Gasteiger partial charge >= 0.3 is 0 Å². The average molecular weight is 290 g/mol. The molecule has 4 nitrogen and oxygen atoms in total. The highest BCUT2D eigenvalue weighted by atomic mass is 32.2. The van der Waals surface area contributed by atoms with E-state index in [0.717, 1.165) is 11.1 Å². The maximum absolute atomic E-state index is 12.4. The summed E-state index contributed by atoms with van der Waals surface area (Å²) in [5.41, 5.74) is 7.81. The third kappa shape index (κ3) is 3.69. The zero-order valence-corrected chi connectivity index (χ0v) is 12.3. The third-order valence-corrected chi connectivity index (χ3v) is 4.40. The summed E-state index contributed by atoms with van der Waals surface area (Å²) in [6.45, 7) is 3.36. The fraction of sp³-hybridized carbons (Fsp3) is 0.400. The molecule has 0 aromatic heterocycles. The first-order valence-corrected chi connectivity index (χ1v) is 8.04. The first-order chi connectivity index (χ1) is 9.60. The molecule has 0 atom stereocenters. The summed E-state index contributed by atoms with van der Waals surface area (Å²) in [5, 5.41) is 0. The second-order valence-electron chi connectivity index (χ2n) is 4.73. The van der Waals surface area contributed by atoms with Crippen molar-refractivity contribution in [3.63, 3.8) is 0 Å². The number of carbonyl (C=O) groups excluding carboxylic acids is 1. The van der Waals surface area contributed by atoms with Crippen LogP contribution in [0.25, 0.3) is 0 Å². The molecule has 0 aliphatic carbocycles. The molecule has 1 fully saturated rings. The van der Waals surface area contributed by atoms with Crippen LogP contribution in [-0.4, -0.2) is 46.2 Å². The summed E-state index contributed by atoms with van der Waals surface area (Å²) >= 11 is 0. The van der Waals surface area contributed by atoms with Crippen molar-refractivity contribution in [3.8, 4) is 11.8 Å². The maximum atomic E-state index is 12.4. The van der Waals surface area contributed by atoms with Gasteiger partial charge in [0.25, 0.3) is 5.91 Å². The summed E-state index contributed by atoms with van der Waals surface area (Å²) in [7, 11) is -0.777. The molecule has 1 aliphatic heterocycles. The maximum Gasteiger partial charge on any atom is 0.253 e. The Kier molecular flexibility index (Phi) is 4.94. The van der Waals surface area contributed by atoms with Crippen molar-refractivity contribution in [3.05, 3.63) is 34.9 Å². The van der Waals surface area contributed by atoms with E-state index in [1.807, 2.05) is 19.1 Å². The van der Waals surface area contributed by atoms with E-state index >= 15 is 0 Å². The number of amides is 1. The molecular weight excluding hydrogens is 272 g/mol. The van der Waals surface area contributed by atoms with Gasteiger partial charge in [-0.2, -0.15) is 0 Å². The molecule has 0 bridgehead atoms. The highest BCUT2D eigenvalue weighted by Gasteiger charge is 2.21. The van der Waals surface area contributed by atoms with Gasteiger partial charge in [0.2, 0.25) is 0 Å². The Morgan fingerprint density at radius 1 is 1.35 bits per heavy atom. The molecule has 1 aromatic rings. The number of nitrogens with zero attached hydrogens (tertiary/aromatic N) is 1. The van der Waals surface area contributed by atoms with Gasteiger partial charge in [0.15, 0.2) is 0 Å². The summed E-state index contributed by atoms with van der Waals surface area (Å²) in [4.78, 5) is 14.2. The van der Waals surface area contributed by atoms with Crippen LogP contribution < -0.4 is 5.73 Å². The van der Waals surface area contributed by atoms with Gasteiger partial charge in [-0.3, -0.25) is 9.00 Å². The monoisotopic (exact) mass is 290 g/mol. The van der Waals surface area contributed by atoms with E-state index < -0.39 is 10.8 Å². The molecule has 20 heavy (non-hydrogen) atoms. The van der Waals surface area contributed by atoms with Gasteiger partial charge in [-0.1, -0.05) is 11.8 Å². The van der Waals surface area contributed by atoms with E-state index in [-0.39, 0.29) is 5.91 Å². The molecule has 0 saturated carbocycles. The molecule has 1 aromatic carbocycles. The molecule has 1 aliphatic rings. The molecule has 1 amide bonds.